The van der Waals surface area contributed by atoms with Crippen molar-refractivity contribution in [2.45, 2.75) is 13.3 Å². The molecular weight excluding hydrogens is 144 g/mol. The Hall–Kier alpha value is -1.32. The van der Waals surface area contributed by atoms with Crippen molar-refractivity contribution in [3.63, 3.8) is 0 Å². The van der Waals surface area contributed by atoms with Crippen molar-refractivity contribution in [3.8, 4) is 0 Å². The molecule has 0 aromatic carbocycles. The SMILES string of the molecule is C=C(CC(=O)NCC)C(N)=O. The Labute approximate surface area is 65.5 Å². The highest BCUT2D eigenvalue weighted by atomic mass is 16.2. The molecule has 3 N–H and O–H groups in total. The summed E-state index contributed by atoms with van der Waals surface area (Å²) in [6.45, 7) is 5.68. The molecule has 0 heterocycles. The van der Waals surface area contributed by atoms with Gasteiger partial charge in [-0.25, -0.2) is 0 Å². The van der Waals surface area contributed by atoms with Crippen molar-refractivity contribution in [2.24, 2.45) is 5.73 Å². The molecule has 2 amide bonds. The number of carbonyl (C=O) groups excluding carboxylic acids is 2. The highest BCUT2D eigenvalue weighted by Gasteiger charge is 2.06. The van der Waals surface area contributed by atoms with Gasteiger partial charge in [-0.05, 0) is 6.92 Å². The Bertz CT molecular complexity index is 187. The molecular formula is C7H12N2O2. The number of hydrogen-bond donors (Lipinski definition) is 2. The Kier molecular flexibility index (Phi) is 3.95. The summed E-state index contributed by atoms with van der Waals surface area (Å²) in [7, 11) is 0. The number of primary amides is 1. The molecule has 0 fully saturated rings. The van der Waals surface area contributed by atoms with Crippen LogP contribution in [0.15, 0.2) is 12.2 Å². The lowest BCUT2D eigenvalue weighted by Crippen LogP contribution is -2.25. The predicted octanol–water partition coefficient (Wildman–Crippen LogP) is -0.446. The summed E-state index contributed by atoms with van der Waals surface area (Å²) in [5.41, 5.74) is 5.00. The van der Waals surface area contributed by atoms with E-state index in [1.165, 1.54) is 0 Å². The summed E-state index contributed by atoms with van der Waals surface area (Å²) >= 11 is 0. The lowest BCUT2D eigenvalue weighted by atomic mass is 10.2. The van der Waals surface area contributed by atoms with Crippen LogP contribution < -0.4 is 11.1 Å². The van der Waals surface area contributed by atoms with Crippen LogP contribution >= 0.6 is 0 Å². The second-order valence-corrected chi connectivity index (χ2v) is 2.10. The fraction of sp³-hybridized carbons (Fsp3) is 0.429. The van der Waals surface area contributed by atoms with E-state index in [-0.39, 0.29) is 17.9 Å². The molecule has 0 spiro atoms. The van der Waals surface area contributed by atoms with Crippen molar-refractivity contribution in [1.29, 1.82) is 0 Å². The third-order valence-corrected chi connectivity index (χ3v) is 1.10. The van der Waals surface area contributed by atoms with Gasteiger partial charge in [0, 0.05) is 12.1 Å². The minimum atomic E-state index is -0.628. The van der Waals surface area contributed by atoms with E-state index < -0.39 is 5.91 Å². The fourth-order valence-electron chi connectivity index (χ4n) is 0.541. The van der Waals surface area contributed by atoms with E-state index in [1.807, 2.05) is 0 Å². The summed E-state index contributed by atoms with van der Waals surface area (Å²) in [4.78, 5) is 21.2. The van der Waals surface area contributed by atoms with Gasteiger partial charge in [-0.3, -0.25) is 9.59 Å². The molecule has 0 unspecified atom stereocenters. The topological polar surface area (TPSA) is 72.2 Å². The molecule has 0 saturated heterocycles. The molecule has 11 heavy (non-hydrogen) atoms. The molecule has 0 aliphatic carbocycles. The summed E-state index contributed by atoms with van der Waals surface area (Å²) in [6, 6.07) is 0. The summed E-state index contributed by atoms with van der Waals surface area (Å²) < 4.78 is 0. The van der Waals surface area contributed by atoms with Gasteiger partial charge in [0.2, 0.25) is 11.8 Å². The van der Waals surface area contributed by atoms with E-state index in [0.717, 1.165) is 0 Å². The third kappa shape index (κ3) is 4.13. The normalized spacial score (nSPS) is 8.82. The number of nitrogens with two attached hydrogens (primary N) is 1. The van der Waals surface area contributed by atoms with Gasteiger partial charge in [-0.2, -0.15) is 0 Å². The van der Waals surface area contributed by atoms with Gasteiger partial charge in [0.25, 0.3) is 0 Å². The molecule has 0 aromatic rings. The smallest absolute Gasteiger partial charge is 0.244 e. The zero-order chi connectivity index (χ0) is 8.85. The average Bonchev–Trinajstić information content (AvgIpc) is 1.87. The van der Waals surface area contributed by atoms with Crippen molar-refractivity contribution in [1.82, 2.24) is 5.32 Å². The minimum absolute atomic E-state index is 0.0107. The Morgan fingerprint density at radius 2 is 2.09 bits per heavy atom. The molecule has 62 valence electrons. The first-order valence-electron chi connectivity index (χ1n) is 3.32. The first kappa shape index (κ1) is 9.68. The molecule has 0 saturated carbocycles. The minimum Gasteiger partial charge on any atom is -0.366 e. The number of hydrogen-bond acceptors (Lipinski definition) is 2. The van der Waals surface area contributed by atoms with Crippen LogP contribution in [0.3, 0.4) is 0 Å². The standard InChI is InChI=1S/C7H12N2O2/c1-3-9-6(10)4-5(2)7(8)11/h2-4H2,1H3,(H2,8,11)(H,9,10). The molecule has 4 nitrogen and oxygen atoms in total. The van der Waals surface area contributed by atoms with Crippen LogP contribution in [0.1, 0.15) is 13.3 Å². The molecule has 0 bridgehead atoms. The zero-order valence-corrected chi connectivity index (χ0v) is 6.52. The Morgan fingerprint density at radius 1 is 1.55 bits per heavy atom. The zero-order valence-electron chi connectivity index (χ0n) is 6.52. The second kappa shape index (κ2) is 4.49. The van der Waals surface area contributed by atoms with Crippen LogP contribution in [0.5, 0.6) is 0 Å². The third-order valence-electron chi connectivity index (χ3n) is 1.10. The maximum atomic E-state index is 10.8. The van der Waals surface area contributed by atoms with Gasteiger partial charge in [-0.15, -0.1) is 0 Å². The van der Waals surface area contributed by atoms with Gasteiger partial charge < -0.3 is 11.1 Å². The molecule has 4 heteroatoms. The molecule has 0 aromatic heterocycles. The quantitative estimate of drug-likeness (QED) is 0.541. The van der Waals surface area contributed by atoms with E-state index in [1.54, 1.807) is 6.92 Å². The Balaban J connectivity index is 3.76. The van der Waals surface area contributed by atoms with Gasteiger partial charge in [-0.1, -0.05) is 6.58 Å². The largest absolute Gasteiger partial charge is 0.366 e. The fourth-order valence-corrected chi connectivity index (χ4v) is 0.541. The van der Waals surface area contributed by atoms with Crippen molar-refractivity contribution in [2.75, 3.05) is 6.54 Å². The average molecular weight is 156 g/mol. The Morgan fingerprint density at radius 3 is 2.45 bits per heavy atom. The number of carbonyl (C=O) groups is 2. The van der Waals surface area contributed by atoms with Crippen molar-refractivity contribution >= 4 is 11.8 Å². The second-order valence-electron chi connectivity index (χ2n) is 2.10. The van der Waals surface area contributed by atoms with Crippen LogP contribution in [-0.4, -0.2) is 18.4 Å². The van der Waals surface area contributed by atoms with Crippen LogP contribution in [0.2, 0.25) is 0 Å². The van der Waals surface area contributed by atoms with Crippen LogP contribution in [0.4, 0.5) is 0 Å². The van der Waals surface area contributed by atoms with Gasteiger partial charge in [0.1, 0.15) is 0 Å². The summed E-state index contributed by atoms with van der Waals surface area (Å²) in [6.07, 6.45) is -0.0107. The molecule has 0 radical (unpaired) electrons. The van der Waals surface area contributed by atoms with Gasteiger partial charge in [0.05, 0.1) is 6.42 Å². The predicted molar refractivity (Wildman–Crippen MR) is 41.6 cm³/mol. The number of rotatable bonds is 4. The monoisotopic (exact) mass is 156 g/mol. The maximum Gasteiger partial charge on any atom is 0.244 e. The first-order valence-corrected chi connectivity index (χ1v) is 3.32. The molecule has 0 atom stereocenters. The highest BCUT2D eigenvalue weighted by Crippen LogP contribution is 1.94. The first-order chi connectivity index (χ1) is 5.07. The van der Waals surface area contributed by atoms with E-state index in [0.29, 0.717) is 6.54 Å². The maximum absolute atomic E-state index is 10.8. The van der Waals surface area contributed by atoms with E-state index in [4.69, 9.17) is 5.73 Å². The van der Waals surface area contributed by atoms with E-state index in [9.17, 15) is 9.59 Å². The van der Waals surface area contributed by atoms with Crippen molar-refractivity contribution in [3.05, 3.63) is 12.2 Å². The van der Waals surface area contributed by atoms with Gasteiger partial charge >= 0.3 is 0 Å². The van der Waals surface area contributed by atoms with Crippen LogP contribution in [-0.2, 0) is 9.59 Å². The van der Waals surface area contributed by atoms with Gasteiger partial charge in [0.15, 0.2) is 0 Å². The van der Waals surface area contributed by atoms with Crippen molar-refractivity contribution < 1.29 is 9.59 Å². The summed E-state index contributed by atoms with van der Waals surface area (Å²) in [5, 5.41) is 2.52. The molecule has 0 rings (SSSR count). The molecule has 0 aliphatic heterocycles. The van der Waals surface area contributed by atoms with E-state index >= 15 is 0 Å². The van der Waals surface area contributed by atoms with Crippen LogP contribution in [0.25, 0.3) is 0 Å². The highest BCUT2D eigenvalue weighted by molar-refractivity contribution is 5.96. The summed E-state index contributed by atoms with van der Waals surface area (Å²) in [5.74, 6) is -0.854. The lowest BCUT2D eigenvalue weighted by molar-refractivity contribution is -0.122. The lowest BCUT2D eigenvalue weighted by Gasteiger charge is -2.00. The molecule has 0 aliphatic rings. The van der Waals surface area contributed by atoms with E-state index in [2.05, 4.69) is 11.9 Å². The number of amides is 2. The van der Waals surface area contributed by atoms with Crippen LogP contribution in [0, 0.1) is 0 Å². The number of nitrogens with one attached hydrogen (secondary N) is 1.